The Hall–Kier alpha value is -1.42. The van der Waals surface area contributed by atoms with Crippen LogP contribution in [0.3, 0.4) is 0 Å². The molecule has 0 fully saturated rings. The molecule has 0 atom stereocenters. The van der Waals surface area contributed by atoms with Crippen molar-refractivity contribution in [2.24, 2.45) is 0 Å². The van der Waals surface area contributed by atoms with E-state index < -0.39 is 0 Å². The first-order chi connectivity index (χ1) is 6.79. The van der Waals surface area contributed by atoms with Crippen molar-refractivity contribution in [3.05, 3.63) is 52.7 Å². The van der Waals surface area contributed by atoms with Gasteiger partial charge in [-0.3, -0.25) is 4.79 Å². The van der Waals surface area contributed by atoms with Crippen LogP contribution in [-0.4, -0.2) is 10.8 Å². The number of hydrogen-bond donors (Lipinski definition) is 0. The minimum atomic E-state index is -0.220. The Morgan fingerprint density at radius 2 is 2.14 bits per heavy atom. The summed E-state index contributed by atoms with van der Waals surface area (Å²) in [5.74, 6) is -0.112. The van der Waals surface area contributed by atoms with Crippen LogP contribution >= 0.6 is 15.9 Å². The summed E-state index contributed by atoms with van der Waals surface area (Å²) in [6.07, 6.45) is 2.83. The number of ketones is 1. The van der Waals surface area contributed by atoms with E-state index in [4.69, 9.17) is 4.42 Å². The van der Waals surface area contributed by atoms with Gasteiger partial charge in [-0.2, -0.15) is 0 Å². The summed E-state index contributed by atoms with van der Waals surface area (Å²) in [6.45, 7) is 0. The molecular weight excluding hydrogens is 246 g/mol. The van der Waals surface area contributed by atoms with Crippen LogP contribution in [0.4, 0.5) is 0 Å². The number of carbonyl (C=O) groups excluding carboxylic acids is 1. The molecule has 0 amide bonds. The number of carbonyl (C=O) groups is 1. The first kappa shape index (κ1) is 9.15. The molecule has 70 valence electrons. The van der Waals surface area contributed by atoms with E-state index in [0.717, 1.165) is 4.47 Å². The molecule has 0 radical (unpaired) electrons. The molecule has 1 aromatic carbocycles. The number of benzene rings is 1. The monoisotopic (exact) mass is 251 g/mol. The Bertz CT molecular complexity index is 451. The second-order valence-corrected chi connectivity index (χ2v) is 3.50. The summed E-state index contributed by atoms with van der Waals surface area (Å²) >= 11 is 3.29. The number of aromatic nitrogens is 1. The second kappa shape index (κ2) is 3.75. The molecular formula is C10H6BrNO2. The Morgan fingerprint density at radius 3 is 2.79 bits per heavy atom. The standard InChI is InChI=1S/C10H6BrNO2/c11-8-4-2-1-3-7(8)9(13)10-12-5-6-14-10/h1-6H. The average Bonchev–Trinajstić information content (AvgIpc) is 2.70. The van der Waals surface area contributed by atoms with E-state index in [1.165, 1.54) is 12.5 Å². The van der Waals surface area contributed by atoms with Gasteiger partial charge in [0.2, 0.25) is 5.78 Å². The van der Waals surface area contributed by atoms with Crippen molar-refractivity contribution in [1.82, 2.24) is 4.98 Å². The van der Waals surface area contributed by atoms with Crippen LogP contribution in [0.25, 0.3) is 0 Å². The highest BCUT2D eigenvalue weighted by Gasteiger charge is 2.15. The summed E-state index contributed by atoms with van der Waals surface area (Å²) in [5, 5.41) is 0. The molecule has 0 aliphatic carbocycles. The maximum atomic E-state index is 11.7. The summed E-state index contributed by atoms with van der Waals surface area (Å²) in [5.41, 5.74) is 0.551. The third-order valence-electron chi connectivity index (χ3n) is 1.75. The van der Waals surface area contributed by atoms with Crippen LogP contribution in [0, 0.1) is 0 Å². The molecule has 0 unspecified atom stereocenters. The van der Waals surface area contributed by atoms with Crippen LogP contribution < -0.4 is 0 Å². The number of nitrogens with zero attached hydrogens (tertiary/aromatic N) is 1. The first-order valence-corrected chi connectivity index (χ1v) is 4.77. The lowest BCUT2D eigenvalue weighted by atomic mass is 10.1. The maximum absolute atomic E-state index is 11.7. The fourth-order valence-corrected chi connectivity index (χ4v) is 1.56. The molecule has 4 heteroatoms. The predicted molar refractivity (Wildman–Crippen MR) is 54.1 cm³/mol. The van der Waals surface area contributed by atoms with Crippen LogP contribution in [0.2, 0.25) is 0 Å². The van der Waals surface area contributed by atoms with Gasteiger partial charge in [0.15, 0.2) is 0 Å². The van der Waals surface area contributed by atoms with Crippen molar-refractivity contribution >= 4 is 21.7 Å². The highest BCUT2D eigenvalue weighted by atomic mass is 79.9. The van der Waals surface area contributed by atoms with Gasteiger partial charge in [-0.1, -0.05) is 28.1 Å². The van der Waals surface area contributed by atoms with Crippen molar-refractivity contribution < 1.29 is 9.21 Å². The third kappa shape index (κ3) is 1.61. The first-order valence-electron chi connectivity index (χ1n) is 3.98. The van der Waals surface area contributed by atoms with Crippen molar-refractivity contribution in [1.29, 1.82) is 0 Å². The Balaban J connectivity index is 2.42. The lowest BCUT2D eigenvalue weighted by Gasteiger charge is -1.98. The zero-order valence-electron chi connectivity index (χ0n) is 7.11. The van der Waals surface area contributed by atoms with Gasteiger partial charge in [-0.15, -0.1) is 0 Å². The number of oxazole rings is 1. The maximum Gasteiger partial charge on any atom is 0.268 e. The summed E-state index contributed by atoms with van der Waals surface area (Å²) in [4.78, 5) is 15.5. The van der Waals surface area contributed by atoms with E-state index in [9.17, 15) is 4.79 Å². The van der Waals surface area contributed by atoms with Gasteiger partial charge in [0.1, 0.15) is 6.26 Å². The zero-order chi connectivity index (χ0) is 9.97. The fourth-order valence-electron chi connectivity index (χ4n) is 1.10. The van der Waals surface area contributed by atoms with Crippen molar-refractivity contribution in [3.8, 4) is 0 Å². The fraction of sp³-hybridized carbons (Fsp3) is 0. The normalized spacial score (nSPS) is 10.1. The van der Waals surface area contributed by atoms with Gasteiger partial charge in [0, 0.05) is 10.0 Å². The van der Waals surface area contributed by atoms with Gasteiger partial charge in [0.05, 0.1) is 6.20 Å². The van der Waals surface area contributed by atoms with E-state index in [0.29, 0.717) is 5.56 Å². The van der Waals surface area contributed by atoms with Crippen LogP contribution in [0.5, 0.6) is 0 Å². The molecule has 0 spiro atoms. The van der Waals surface area contributed by atoms with Gasteiger partial charge in [-0.05, 0) is 12.1 Å². The molecule has 1 heterocycles. The summed E-state index contributed by atoms with van der Waals surface area (Å²) in [7, 11) is 0. The highest BCUT2D eigenvalue weighted by Crippen LogP contribution is 2.18. The summed E-state index contributed by atoms with van der Waals surface area (Å²) in [6, 6.07) is 7.16. The predicted octanol–water partition coefficient (Wildman–Crippen LogP) is 2.67. The lowest BCUT2D eigenvalue weighted by molar-refractivity contribution is 0.100. The zero-order valence-corrected chi connectivity index (χ0v) is 8.69. The van der Waals surface area contributed by atoms with Crippen LogP contribution in [-0.2, 0) is 0 Å². The Labute approximate surface area is 88.9 Å². The van der Waals surface area contributed by atoms with E-state index in [1.54, 1.807) is 18.2 Å². The van der Waals surface area contributed by atoms with E-state index >= 15 is 0 Å². The van der Waals surface area contributed by atoms with Crippen molar-refractivity contribution in [2.45, 2.75) is 0 Å². The van der Waals surface area contributed by atoms with Crippen molar-refractivity contribution in [2.75, 3.05) is 0 Å². The molecule has 0 saturated carbocycles. The minimum absolute atomic E-state index is 0.108. The molecule has 2 aromatic rings. The smallest absolute Gasteiger partial charge is 0.268 e. The molecule has 0 saturated heterocycles. The van der Waals surface area contributed by atoms with Crippen molar-refractivity contribution in [3.63, 3.8) is 0 Å². The lowest BCUT2D eigenvalue weighted by Crippen LogP contribution is -2.02. The quantitative estimate of drug-likeness (QED) is 0.771. The molecule has 0 N–H and O–H groups in total. The van der Waals surface area contributed by atoms with E-state index in [1.807, 2.05) is 6.07 Å². The largest absolute Gasteiger partial charge is 0.442 e. The van der Waals surface area contributed by atoms with Gasteiger partial charge >= 0.3 is 0 Å². The number of halogens is 1. The van der Waals surface area contributed by atoms with Gasteiger partial charge in [0.25, 0.3) is 5.89 Å². The molecule has 3 nitrogen and oxygen atoms in total. The molecule has 14 heavy (non-hydrogen) atoms. The molecule has 0 aliphatic heterocycles. The molecule has 0 aliphatic rings. The minimum Gasteiger partial charge on any atom is -0.442 e. The molecule has 0 bridgehead atoms. The number of rotatable bonds is 2. The van der Waals surface area contributed by atoms with Gasteiger partial charge < -0.3 is 4.42 Å². The highest BCUT2D eigenvalue weighted by molar-refractivity contribution is 9.10. The topological polar surface area (TPSA) is 43.1 Å². The SMILES string of the molecule is O=C(c1ncco1)c1ccccc1Br. The average molecular weight is 252 g/mol. The van der Waals surface area contributed by atoms with Crippen LogP contribution in [0.15, 0.2) is 45.6 Å². The number of hydrogen-bond acceptors (Lipinski definition) is 3. The molecule has 1 aromatic heterocycles. The third-order valence-corrected chi connectivity index (χ3v) is 2.44. The Morgan fingerprint density at radius 1 is 1.36 bits per heavy atom. The van der Waals surface area contributed by atoms with Crippen LogP contribution in [0.1, 0.15) is 16.2 Å². The second-order valence-electron chi connectivity index (χ2n) is 2.65. The van der Waals surface area contributed by atoms with E-state index in [2.05, 4.69) is 20.9 Å². The summed E-state index contributed by atoms with van der Waals surface area (Å²) < 4.78 is 5.66. The van der Waals surface area contributed by atoms with E-state index in [-0.39, 0.29) is 11.7 Å². The van der Waals surface area contributed by atoms with Gasteiger partial charge in [-0.25, -0.2) is 4.98 Å². The Kier molecular flexibility index (Phi) is 2.45. The molecule has 2 rings (SSSR count).